The number of hydrogen-bond donors (Lipinski definition) is 1. The molecule has 80 valence electrons. The first-order valence-electron chi connectivity index (χ1n) is 5.65. The average molecular weight is 197 g/mol. The molecule has 1 heterocycles. The van der Waals surface area contributed by atoms with E-state index in [-0.39, 0.29) is 5.92 Å². The van der Waals surface area contributed by atoms with Crippen molar-refractivity contribution >= 4 is 5.97 Å². The first kappa shape index (κ1) is 9.97. The van der Waals surface area contributed by atoms with Gasteiger partial charge in [0.2, 0.25) is 0 Å². The lowest BCUT2D eigenvalue weighted by atomic mass is 9.99. The van der Waals surface area contributed by atoms with Gasteiger partial charge in [-0.15, -0.1) is 0 Å². The zero-order valence-electron chi connectivity index (χ0n) is 8.78. The molecule has 2 atom stereocenters. The minimum absolute atomic E-state index is 0.129. The van der Waals surface area contributed by atoms with E-state index in [1.54, 1.807) is 0 Å². The third-order valence-electron chi connectivity index (χ3n) is 3.80. The highest BCUT2D eigenvalue weighted by Crippen LogP contribution is 2.31. The zero-order chi connectivity index (χ0) is 10.1. The number of nitrogens with zero attached hydrogens (tertiary/aromatic N) is 1. The van der Waals surface area contributed by atoms with E-state index in [1.165, 1.54) is 25.7 Å². The number of hydrogen-bond acceptors (Lipinski definition) is 2. The molecule has 0 spiro atoms. The number of carboxylic acids is 1. The molecule has 2 unspecified atom stereocenters. The summed E-state index contributed by atoms with van der Waals surface area (Å²) in [7, 11) is 0. The maximum Gasteiger partial charge on any atom is 0.308 e. The third kappa shape index (κ3) is 1.78. The van der Waals surface area contributed by atoms with Gasteiger partial charge in [-0.25, -0.2) is 0 Å². The largest absolute Gasteiger partial charge is 0.481 e. The van der Waals surface area contributed by atoms with Crippen LogP contribution < -0.4 is 0 Å². The first-order chi connectivity index (χ1) is 6.68. The fourth-order valence-corrected chi connectivity index (χ4v) is 2.89. The number of carbonyl (C=O) groups is 1. The molecule has 0 aromatic rings. The Balaban J connectivity index is 1.94. The van der Waals surface area contributed by atoms with Crippen molar-refractivity contribution in [2.24, 2.45) is 11.8 Å². The molecule has 3 heteroatoms. The third-order valence-corrected chi connectivity index (χ3v) is 3.80. The van der Waals surface area contributed by atoms with Crippen LogP contribution in [-0.4, -0.2) is 35.1 Å². The fraction of sp³-hybridized carbons (Fsp3) is 0.909. The normalized spacial score (nSPS) is 35.2. The second-order valence-corrected chi connectivity index (χ2v) is 4.81. The number of carboxylic acid groups (broad SMARTS) is 1. The molecule has 1 saturated carbocycles. The molecular formula is C11H19NO2. The van der Waals surface area contributed by atoms with Crippen LogP contribution in [0.15, 0.2) is 0 Å². The molecule has 0 bridgehead atoms. The van der Waals surface area contributed by atoms with Gasteiger partial charge in [-0.05, 0) is 18.8 Å². The summed E-state index contributed by atoms with van der Waals surface area (Å²) in [6.45, 7) is 3.83. The van der Waals surface area contributed by atoms with Crippen LogP contribution in [0.25, 0.3) is 0 Å². The fourth-order valence-electron chi connectivity index (χ4n) is 2.89. The Labute approximate surface area is 85.1 Å². The lowest BCUT2D eigenvalue weighted by Crippen LogP contribution is -2.31. The number of rotatable bonds is 2. The quantitative estimate of drug-likeness (QED) is 0.730. The summed E-state index contributed by atoms with van der Waals surface area (Å²) in [5.74, 6) is -0.415. The summed E-state index contributed by atoms with van der Waals surface area (Å²) < 4.78 is 0. The molecule has 14 heavy (non-hydrogen) atoms. The van der Waals surface area contributed by atoms with Crippen molar-refractivity contribution in [3.05, 3.63) is 0 Å². The van der Waals surface area contributed by atoms with Crippen molar-refractivity contribution in [2.45, 2.75) is 38.6 Å². The first-order valence-corrected chi connectivity index (χ1v) is 5.65. The van der Waals surface area contributed by atoms with Gasteiger partial charge in [0.1, 0.15) is 0 Å². The van der Waals surface area contributed by atoms with Gasteiger partial charge in [-0.1, -0.05) is 19.8 Å². The standard InChI is InChI=1S/C11H19NO2/c1-8-6-12(7-10(8)11(13)14)9-4-2-3-5-9/h8-10H,2-7H2,1H3,(H,13,14). The molecule has 0 radical (unpaired) electrons. The molecule has 3 nitrogen and oxygen atoms in total. The van der Waals surface area contributed by atoms with Crippen LogP contribution in [0.1, 0.15) is 32.6 Å². The van der Waals surface area contributed by atoms with E-state index in [4.69, 9.17) is 5.11 Å². The van der Waals surface area contributed by atoms with Crippen LogP contribution in [-0.2, 0) is 4.79 Å². The molecule has 0 aromatic carbocycles. The van der Waals surface area contributed by atoms with Crippen molar-refractivity contribution in [1.29, 1.82) is 0 Å². The molecule has 1 N–H and O–H groups in total. The SMILES string of the molecule is CC1CN(C2CCCC2)CC1C(=O)O. The highest BCUT2D eigenvalue weighted by Gasteiger charge is 2.38. The maximum absolute atomic E-state index is 10.9. The van der Waals surface area contributed by atoms with Crippen molar-refractivity contribution < 1.29 is 9.90 Å². The smallest absolute Gasteiger partial charge is 0.308 e. The predicted molar refractivity (Wildman–Crippen MR) is 54.1 cm³/mol. The van der Waals surface area contributed by atoms with Gasteiger partial charge < -0.3 is 5.11 Å². The highest BCUT2D eigenvalue weighted by atomic mass is 16.4. The molecular weight excluding hydrogens is 178 g/mol. The molecule has 1 aliphatic carbocycles. The van der Waals surface area contributed by atoms with Gasteiger partial charge in [0.05, 0.1) is 5.92 Å². The van der Waals surface area contributed by atoms with Crippen molar-refractivity contribution in [2.75, 3.05) is 13.1 Å². The molecule has 2 aliphatic rings. The summed E-state index contributed by atoms with van der Waals surface area (Å²) in [5, 5.41) is 9.02. The lowest BCUT2D eigenvalue weighted by molar-refractivity contribution is -0.142. The second-order valence-electron chi connectivity index (χ2n) is 4.81. The summed E-state index contributed by atoms with van der Waals surface area (Å²) in [5.41, 5.74) is 0. The van der Waals surface area contributed by atoms with E-state index in [9.17, 15) is 4.79 Å². The Kier molecular flexibility index (Phi) is 2.77. The van der Waals surface area contributed by atoms with Crippen LogP contribution in [0, 0.1) is 11.8 Å². The molecule has 2 rings (SSSR count). The minimum Gasteiger partial charge on any atom is -0.481 e. The van der Waals surface area contributed by atoms with Gasteiger partial charge in [-0.2, -0.15) is 0 Å². The van der Waals surface area contributed by atoms with Crippen LogP contribution in [0.5, 0.6) is 0 Å². The zero-order valence-corrected chi connectivity index (χ0v) is 8.78. The number of aliphatic carboxylic acids is 1. The van der Waals surface area contributed by atoms with Crippen molar-refractivity contribution in [1.82, 2.24) is 4.90 Å². The van der Waals surface area contributed by atoms with E-state index in [2.05, 4.69) is 11.8 Å². The monoisotopic (exact) mass is 197 g/mol. The molecule has 1 aliphatic heterocycles. The van der Waals surface area contributed by atoms with E-state index >= 15 is 0 Å². The van der Waals surface area contributed by atoms with E-state index in [1.807, 2.05) is 0 Å². The second kappa shape index (κ2) is 3.89. The van der Waals surface area contributed by atoms with Gasteiger partial charge >= 0.3 is 5.97 Å². The van der Waals surface area contributed by atoms with Gasteiger partial charge in [0, 0.05) is 19.1 Å². The highest BCUT2D eigenvalue weighted by molar-refractivity contribution is 5.71. The minimum atomic E-state index is -0.613. The van der Waals surface area contributed by atoms with Gasteiger partial charge in [0.25, 0.3) is 0 Å². The van der Waals surface area contributed by atoms with E-state index < -0.39 is 5.97 Å². The predicted octanol–water partition coefficient (Wildman–Crippen LogP) is 1.58. The molecule has 1 saturated heterocycles. The van der Waals surface area contributed by atoms with Crippen LogP contribution in [0.3, 0.4) is 0 Å². The Bertz CT molecular complexity index is 223. The average Bonchev–Trinajstić information content (AvgIpc) is 2.70. The van der Waals surface area contributed by atoms with Crippen molar-refractivity contribution in [3.8, 4) is 0 Å². The van der Waals surface area contributed by atoms with E-state index in [0.717, 1.165) is 13.1 Å². The molecule has 0 aromatic heterocycles. The Morgan fingerprint density at radius 2 is 1.93 bits per heavy atom. The lowest BCUT2D eigenvalue weighted by Gasteiger charge is -2.23. The van der Waals surface area contributed by atoms with Gasteiger partial charge in [-0.3, -0.25) is 9.69 Å². The van der Waals surface area contributed by atoms with E-state index in [0.29, 0.717) is 12.0 Å². The Hall–Kier alpha value is -0.570. The van der Waals surface area contributed by atoms with Crippen molar-refractivity contribution in [3.63, 3.8) is 0 Å². The maximum atomic E-state index is 10.9. The summed E-state index contributed by atoms with van der Waals surface area (Å²) >= 11 is 0. The van der Waals surface area contributed by atoms with Crippen LogP contribution >= 0.6 is 0 Å². The molecule has 0 amide bonds. The van der Waals surface area contributed by atoms with Gasteiger partial charge in [0.15, 0.2) is 0 Å². The van der Waals surface area contributed by atoms with Crippen LogP contribution in [0.4, 0.5) is 0 Å². The topological polar surface area (TPSA) is 40.5 Å². The summed E-state index contributed by atoms with van der Waals surface area (Å²) in [4.78, 5) is 13.3. The van der Waals surface area contributed by atoms with Crippen LogP contribution in [0.2, 0.25) is 0 Å². The number of likely N-dealkylation sites (tertiary alicyclic amines) is 1. The summed E-state index contributed by atoms with van der Waals surface area (Å²) in [6.07, 6.45) is 5.21. The summed E-state index contributed by atoms with van der Waals surface area (Å²) in [6, 6.07) is 0.682. The Morgan fingerprint density at radius 1 is 1.29 bits per heavy atom. The molecule has 2 fully saturated rings. The Morgan fingerprint density at radius 3 is 2.43 bits per heavy atom.